The second-order valence-electron chi connectivity index (χ2n) is 7.90. The maximum absolute atomic E-state index is 5.14. The number of hydrogen-bond donors (Lipinski definition) is 0. The molecule has 0 aliphatic heterocycles. The molecule has 0 unspecified atom stereocenters. The van der Waals surface area contributed by atoms with E-state index in [1.54, 1.807) is 17.5 Å². The number of hydrogen-bond acceptors (Lipinski definition) is 1. The van der Waals surface area contributed by atoms with E-state index >= 15 is 0 Å². The van der Waals surface area contributed by atoms with Crippen molar-refractivity contribution in [3.63, 3.8) is 0 Å². The highest BCUT2D eigenvalue weighted by Crippen LogP contribution is 2.16. The maximum Gasteiger partial charge on any atom is 0.0806 e. The van der Waals surface area contributed by atoms with Gasteiger partial charge in [-0.25, -0.2) is 0 Å². The molecular weight excluding hydrogens is 300 g/mol. The summed E-state index contributed by atoms with van der Waals surface area (Å²) in [6, 6.07) is 12.6. The summed E-state index contributed by atoms with van der Waals surface area (Å²) >= 11 is 0. The molecule has 0 atom stereocenters. The molecule has 0 radical (unpaired) electrons. The molecule has 0 aromatic heterocycles. The van der Waals surface area contributed by atoms with E-state index in [2.05, 4.69) is 57.4 Å². The lowest BCUT2D eigenvalue weighted by molar-refractivity contribution is 0.192. The summed E-state index contributed by atoms with van der Waals surface area (Å²) in [7, 11) is -0.671. The van der Waals surface area contributed by atoms with Crippen LogP contribution in [0.5, 0.6) is 0 Å². The molecule has 0 heterocycles. The average molecular weight is 337 g/mol. The van der Waals surface area contributed by atoms with E-state index in [4.69, 9.17) is 4.74 Å². The number of unbranched alkanes of at least 4 members (excludes halogenated alkanes) is 2. The van der Waals surface area contributed by atoms with Crippen LogP contribution in [0.4, 0.5) is 0 Å². The van der Waals surface area contributed by atoms with Crippen molar-refractivity contribution < 1.29 is 4.74 Å². The molecule has 0 spiro atoms. The fourth-order valence-corrected chi connectivity index (χ4v) is 8.38. The van der Waals surface area contributed by atoms with Crippen molar-refractivity contribution in [1.82, 2.24) is 0 Å². The molecular formula is C19H36OSi2. The van der Waals surface area contributed by atoms with Crippen LogP contribution in [0, 0.1) is 0 Å². The summed E-state index contributed by atoms with van der Waals surface area (Å²) in [5.41, 5.74) is 0. The van der Waals surface area contributed by atoms with Crippen molar-refractivity contribution >= 4 is 26.5 Å². The number of rotatable bonds is 10. The van der Waals surface area contributed by atoms with Crippen molar-refractivity contribution in [2.24, 2.45) is 0 Å². The Morgan fingerprint density at radius 2 is 1.27 bits per heavy atom. The van der Waals surface area contributed by atoms with Gasteiger partial charge in [-0.05, 0) is 6.42 Å². The summed E-state index contributed by atoms with van der Waals surface area (Å²) in [6.07, 6.45) is 5.17. The molecule has 1 nitrogen and oxygen atoms in total. The highest BCUT2D eigenvalue weighted by molar-refractivity contribution is 6.91. The topological polar surface area (TPSA) is 9.23 Å². The summed E-state index contributed by atoms with van der Waals surface area (Å²) in [5, 5.41) is 3.26. The number of ether oxygens (including phenoxy) is 1. The van der Waals surface area contributed by atoms with Crippen LogP contribution in [0.3, 0.4) is 0 Å². The van der Waals surface area contributed by atoms with Gasteiger partial charge in [0, 0.05) is 13.7 Å². The van der Waals surface area contributed by atoms with E-state index in [0.29, 0.717) is 0 Å². The lowest BCUT2D eigenvalue weighted by atomic mass is 10.3. The van der Waals surface area contributed by atoms with Gasteiger partial charge < -0.3 is 4.74 Å². The molecule has 22 heavy (non-hydrogen) atoms. The van der Waals surface area contributed by atoms with Gasteiger partial charge in [0.25, 0.3) is 0 Å². The summed E-state index contributed by atoms with van der Waals surface area (Å²) < 4.78 is 5.14. The van der Waals surface area contributed by atoms with E-state index < -0.39 is 16.1 Å². The third-order valence-corrected chi connectivity index (χ3v) is 12.1. The first kappa shape index (κ1) is 19.7. The SMILES string of the molecule is CCC[Si](C)(C)c1ccc([Si](C)(C)CCCCCOC)cc1. The first-order valence-electron chi connectivity index (χ1n) is 8.93. The van der Waals surface area contributed by atoms with Crippen LogP contribution in [-0.4, -0.2) is 29.9 Å². The van der Waals surface area contributed by atoms with Gasteiger partial charge in [-0.1, -0.05) is 99.1 Å². The molecule has 1 rings (SSSR count). The van der Waals surface area contributed by atoms with E-state index in [1.165, 1.54) is 37.8 Å². The van der Waals surface area contributed by atoms with Crippen LogP contribution in [0.2, 0.25) is 38.3 Å². The Labute approximate surface area is 140 Å². The van der Waals surface area contributed by atoms with Gasteiger partial charge in [0.15, 0.2) is 0 Å². The minimum absolute atomic E-state index is 0.911. The third kappa shape index (κ3) is 6.01. The van der Waals surface area contributed by atoms with Crippen molar-refractivity contribution in [2.45, 2.75) is 70.9 Å². The zero-order valence-electron chi connectivity index (χ0n) is 15.7. The molecule has 0 N–H and O–H groups in total. The van der Waals surface area contributed by atoms with Gasteiger partial charge >= 0.3 is 0 Å². The van der Waals surface area contributed by atoms with Gasteiger partial charge in [-0.3, -0.25) is 0 Å². The van der Waals surface area contributed by atoms with Gasteiger partial charge in [0.2, 0.25) is 0 Å². The molecule has 0 saturated heterocycles. The maximum atomic E-state index is 5.14. The fraction of sp³-hybridized carbons (Fsp3) is 0.684. The van der Waals surface area contributed by atoms with Gasteiger partial charge in [-0.2, -0.15) is 0 Å². The predicted molar refractivity (Wildman–Crippen MR) is 106 cm³/mol. The highest BCUT2D eigenvalue weighted by atomic mass is 28.3. The van der Waals surface area contributed by atoms with E-state index in [9.17, 15) is 0 Å². The van der Waals surface area contributed by atoms with Gasteiger partial charge in [-0.15, -0.1) is 0 Å². The third-order valence-electron chi connectivity index (χ3n) is 4.97. The molecule has 0 bridgehead atoms. The Hall–Kier alpha value is -0.386. The molecule has 1 aromatic rings. The van der Waals surface area contributed by atoms with Crippen molar-refractivity contribution in [3.8, 4) is 0 Å². The Kier molecular flexibility index (Phi) is 8.08. The van der Waals surface area contributed by atoms with Gasteiger partial charge in [0.05, 0.1) is 16.1 Å². The summed E-state index contributed by atoms with van der Waals surface area (Å²) in [6.45, 7) is 13.3. The molecule has 0 aliphatic rings. The van der Waals surface area contributed by atoms with Gasteiger partial charge in [0.1, 0.15) is 0 Å². The number of benzene rings is 1. The van der Waals surface area contributed by atoms with E-state index in [0.717, 1.165) is 6.61 Å². The summed E-state index contributed by atoms with van der Waals surface area (Å²) in [5.74, 6) is 0. The molecule has 0 saturated carbocycles. The second-order valence-corrected chi connectivity index (χ2v) is 17.6. The second kappa shape index (κ2) is 9.04. The smallest absolute Gasteiger partial charge is 0.0806 e. The van der Waals surface area contributed by atoms with Crippen LogP contribution in [0.15, 0.2) is 24.3 Å². The minimum Gasteiger partial charge on any atom is -0.385 e. The van der Waals surface area contributed by atoms with Crippen LogP contribution in [0.1, 0.15) is 32.6 Å². The quantitative estimate of drug-likeness (QED) is 0.443. The van der Waals surface area contributed by atoms with Crippen LogP contribution in [-0.2, 0) is 4.74 Å². The Morgan fingerprint density at radius 1 is 0.773 bits per heavy atom. The van der Waals surface area contributed by atoms with Crippen LogP contribution < -0.4 is 10.4 Å². The Morgan fingerprint density at radius 3 is 1.73 bits per heavy atom. The average Bonchev–Trinajstić information content (AvgIpc) is 2.47. The zero-order valence-corrected chi connectivity index (χ0v) is 17.7. The lowest BCUT2D eigenvalue weighted by Crippen LogP contribution is -2.45. The van der Waals surface area contributed by atoms with Crippen molar-refractivity contribution in [2.75, 3.05) is 13.7 Å². The van der Waals surface area contributed by atoms with Crippen molar-refractivity contribution in [3.05, 3.63) is 24.3 Å². The lowest BCUT2D eigenvalue weighted by Gasteiger charge is -2.26. The van der Waals surface area contributed by atoms with Crippen LogP contribution in [0.25, 0.3) is 0 Å². The fourth-order valence-electron chi connectivity index (χ4n) is 3.28. The highest BCUT2D eigenvalue weighted by Gasteiger charge is 2.25. The molecule has 0 aliphatic carbocycles. The molecule has 0 fully saturated rings. The normalized spacial score (nSPS) is 12.6. The van der Waals surface area contributed by atoms with Crippen molar-refractivity contribution in [1.29, 1.82) is 0 Å². The summed E-state index contributed by atoms with van der Waals surface area (Å²) in [4.78, 5) is 0. The molecule has 0 amide bonds. The number of methoxy groups -OCH3 is 1. The Balaban J connectivity index is 2.64. The van der Waals surface area contributed by atoms with Crippen LogP contribution >= 0.6 is 0 Å². The van der Waals surface area contributed by atoms with E-state index in [1.807, 2.05) is 0 Å². The molecule has 126 valence electrons. The first-order valence-corrected chi connectivity index (χ1v) is 15.3. The standard InChI is InChI=1S/C19H36OSi2/c1-7-16-21(3,4)18-11-13-19(14-12-18)22(5,6)17-10-8-9-15-20-2/h11-14H,7-10,15-17H2,1-6H3. The Bertz CT molecular complexity index is 424. The molecule has 1 aromatic carbocycles. The van der Waals surface area contributed by atoms with E-state index in [-0.39, 0.29) is 0 Å². The monoisotopic (exact) mass is 336 g/mol. The predicted octanol–water partition coefficient (Wildman–Crippen LogP) is 4.74. The largest absolute Gasteiger partial charge is 0.385 e. The molecule has 3 heteroatoms. The zero-order chi connectivity index (χ0) is 16.6. The minimum atomic E-state index is -1.27. The first-order chi connectivity index (χ1) is 10.3.